The average Bonchev–Trinajstić information content (AvgIpc) is 2.57. The summed E-state index contributed by atoms with van der Waals surface area (Å²) in [4.78, 5) is 12.2. The van der Waals surface area contributed by atoms with Gasteiger partial charge in [-0.2, -0.15) is 5.10 Å². The Morgan fingerprint density at radius 3 is 2.65 bits per heavy atom. The predicted octanol–water partition coefficient (Wildman–Crippen LogP) is 4.76. The van der Waals surface area contributed by atoms with Gasteiger partial charge in [-0.25, -0.2) is 10.2 Å². The molecule has 0 spiro atoms. The Morgan fingerprint density at radius 1 is 1.27 bits per heavy atom. The molecule has 0 radical (unpaired) electrons. The van der Waals surface area contributed by atoms with E-state index < -0.39 is 11.6 Å². The molecule has 0 saturated carbocycles. The van der Waals surface area contributed by atoms with Crippen LogP contribution in [-0.4, -0.2) is 17.4 Å². The molecule has 0 aliphatic carbocycles. The smallest absolute Gasteiger partial charge is 0.335 e. The number of halogens is 1. The number of phenols is 1. The Morgan fingerprint density at radius 2 is 2.00 bits per heavy atom. The molecule has 136 valence electrons. The maximum atomic E-state index is 12.2. The highest BCUT2D eigenvalue weighted by molar-refractivity contribution is 9.10. The molecule has 5 nitrogen and oxygen atoms in total. The summed E-state index contributed by atoms with van der Waals surface area (Å²) < 4.78 is 0.560. The molecule has 2 aromatic rings. The molecule has 2 rings (SSSR count). The van der Waals surface area contributed by atoms with Crippen molar-refractivity contribution in [1.82, 2.24) is 10.7 Å². The molecule has 0 saturated heterocycles. The Labute approximate surface area is 162 Å². The number of aromatic hydroxyl groups is 1. The zero-order valence-electron chi connectivity index (χ0n) is 15.0. The van der Waals surface area contributed by atoms with E-state index in [0.29, 0.717) is 4.47 Å². The van der Waals surface area contributed by atoms with E-state index in [9.17, 15) is 9.90 Å². The predicted molar refractivity (Wildman–Crippen MR) is 109 cm³/mol. The molecule has 6 heteroatoms. The maximum absolute atomic E-state index is 12.2. The van der Waals surface area contributed by atoms with Crippen LogP contribution in [0.3, 0.4) is 0 Å². The summed E-state index contributed by atoms with van der Waals surface area (Å²) in [6.45, 7) is 9.74. The number of amides is 2. The fourth-order valence-corrected chi connectivity index (χ4v) is 2.72. The van der Waals surface area contributed by atoms with Crippen molar-refractivity contribution in [2.75, 3.05) is 0 Å². The highest BCUT2D eigenvalue weighted by atomic mass is 79.9. The molecule has 0 aliphatic heterocycles. The molecule has 0 unspecified atom stereocenters. The number of carbonyl (C=O) groups is 1. The van der Waals surface area contributed by atoms with Crippen molar-refractivity contribution in [3.63, 3.8) is 0 Å². The normalized spacial score (nSPS) is 11.4. The fraction of sp³-hybridized carbons (Fsp3) is 0.200. The van der Waals surface area contributed by atoms with Gasteiger partial charge in [-0.3, -0.25) is 0 Å². The monoisotopic (exact) mass is 415 g/mol. The zero-order valence-corrected chi connectivity index (χ0v) is 16.6. The van der Waals surface area contributed by atoms with Gasteiger partial charge >= 0.3 is 6.03 Å². The van der Waals surface area contributed by atoms with Gasteiger partial charge in [0.2, 0.25) is 0 Å². The van der Waals surface area contributed by atoms with Crippen molar-refractivity contribution in [2.24, 2.45) is 5.10 Å². The van der Waals surface area contributed by atoms with Gasteiger partial charge in [-0.1, -0.05) is 30.4 Å². The number of urea groups is 1. The van der Waals surface area contributed by atoms with E-state index in [-0.39, 0.29) is 5.75 Å². The van der Waals surface area contributed by atoms with Crippen LogP contribution in [0, 0.1) is 0 Å². The van der Waals surface area contributed by atoms with E-state index in [1.165, 1.54) is 6.21 Å². The molecule has 0 heterocycles. The lowest BCUT2D eigenvalue weighted by molar-refractivity contribution is 0.230. The summed E-state index contributed by atoms with van der Waals surface area (Å²) >= 11 is 3.23. The Hall–Kier alpha value is -2.60. The number of hydrogen-bond donors (Lipinski definition) is 3. The van der Waals surface area contributed by atoms with Gasteiger partial charge in [0.25, 0.3) is 0 Å². The van der Waals surface area contributed by atoms with E-state index >= 15 is 0 Å². The molecule has 3 N–H and O–H groups in total. The summed E-state index contributed by atoms with van der Waals surface area (Å²) in [5.41, 5.74) is 5.59. The summed E-state index contributed by atoms with van der Waals surface area (Å²) in [6.07, 6.45) is 1.50. The lowest BCUT2D eigenvalue weighted by Crippen LogP contribution is -2.45. The molecule has 0 aromatic heterocycles. The first-order chi connectivity index (χ1) is 12.2. The zero-order chi connectivity index (χ0) is 19.3. The van der Waals surface area contributed by atoms with Crippen LogP contribution in [0.15, 0.2) is 58.6 Å². The quantitative estimate of drug-likeness (QED) is 0.486. The number of allylic oxidation sites excluding steroid dienone is 1. The Kier molecular flexibility index (Phi) is 6.21. The van der Waals surface area contributed by atoms with E-state index in [2.05, 4.69) is 38.4 Å². The van der Waals surface area contributed by atoms with Crippen molar-refractivity contribution in [3.8, 4) is 5.75 Å². The SMILES string of the molecule is C=C(C)c1cccc(C(C)(C)NC(=O)NN=Cc2ccc(O)c(Br)c2)c1. The van der Waals surface area contributed by atoms with Gasteiger partial charge in [-0.05, 0) is 77.7 Å². The molecule has 0 fully saturated rings. The second kappa shape index (κ2) is 8.19. The highest BCUT2D eigenvalue weighted by Crippen LogP contribution is 2.24. The van der Waals surface area contributed by atoms with Crippen LogP contribution in [-0.2, 0) is 5.54 Å². The molecule has 2 aromatic carbocycles. The minimum atomic E-state index is -0.577. The van der Waals surface area contributed by atoms with E-state index in [0.717, 1.165) is 22.3 Å². The topological polar surface area (TPSA) is 73.7 Å². The van der Waals surface area contributed by atoms with Crippen molar-refractivity contribution >= 4 is 33.7 Å². The van der Waals surface area contributed by atoms with Crippen molar-refractivity contribution in [2.45, 2.75) is 26.3 Å². The van der Waals surface area contributed by atoms with Crippen LogP contribution < -0.4 is 10.7 Å². The number of nitrogens with one attached hydrogen (secondary N) is 2. The molecular formula is C20H22BrN3O2. The van der Waals surface area contributed by atoms with Crippen LogP contribution in [0.5, 0.6) is 5.75 Å². The third kappa shape index (κ3) is 5.20. The van der Waals surface area contributed by atoms with Crippen molar-refractivity contribution in [1.29, 1.82) is 0 Å². The minimum absolute atomic E-state index is 0.145. The van der Waals surface area contributed by atoms with Crippen LogP contribution in [0.25, 0.3) is 5.57 Å². The third-order valence-corrected chi connectivity index (χ3v) is 4.49. The van der Waals surface area contributed by atoms with Crippen LogP contribution >= 0.6 is 15.9 Å². The minimum Gasteiger partial charge on any atom is -0.507 e. The first-order valence-electron chi connectivity index (χ1n) is 8.05. The molecule has 0 bridgehead atoms. The first-order valence-corrected chi connectivity index (χ1v) is 8.84. The number of benzene rings is 2. The van der Waals surface area contributed by atoms with Crippen molar-refractivity contribution < 1.29 is 9.90 Å². The Bertz CT molecular complexity index is 860. The van der Waals surface area contributed by atoms with Gasteiger partial charge in [0.15, 0.2) is 0 Å². The largest absolute Gasteiger partial charge is 0.507 e. The third-order valence-electron chi connectivity index (χ3n) is 3.85. The lowest BCUT2D eigenvalue weighted by atomic mass is 9.92. The number of nitrogens with zero attached hydrogens (tertiary/aromatic N) is 1. The van der Waals surface area contributed by atoms with Gasteiger partial charge in [-0.15, -0.1) is 0 Å². The van der Waals surface area contributed by atoms with Crippen LogP contribution in [0.4, 0.5) is 4.79 Å². The maximum Gasteiger partial charge on any atom is 0.335 e. The van der Waals surface area contributed by atoms with Gasteiger partial charge in [0.05, 0.1) is 16.2 Å². The first kappa shape index (κ1) is 19.7. The molecule has 0 atom stereocenters. The molecule has 26 heavy (non-hydrogen) atoms. The summed E-state index contributed by atoms with van der Waals surface area (Å²) in [5.74, 6) is 0.145. The Balaban J connectivity index is 2.01. The van der Waals surface area contributed by atoms with E-state index in [1.807, 2.05) is 45.0 Å². The standard InChI is InChI=1S/C20H22BrN3O2/c1-13(2)15-6-5-7-16(11-15)20(3,4)23-19(26)24-22-12-14-8-9-18(25)17(21)10-14/h5-12,25H,1H2,2-4H3,(H2,23,24,26). The number of carbonyl (C=O) groups excluding carboxylic acids is 1. The lowest BCUT2D eigenvalue weighted by Gasteiger charge is -2.27. The number of hydrazone groups is 1. The van der Waals surface area contributed by atoms with Crippen LogP contribution in [0.2, 0.25) is 0 Å². The second-order valence-corrected chi connectivity index (χ2v) is 7.38. The highest BCUT2D eigenvalue weighted by Gasteiger charge is 2.23. The summed E-state index contributed by atoms with van der Waals surface area (Å²) in [7, 11) is 0. The number of phenolic OH excluding ortho intramolecular Hbond substituents is 1. The second-order valence-electron chi connectivity index (χ2n) is 6.52. The van der Waals surface area contributed by atoms with Gasteiger partial charge in [0.1, 0.15) is 5.75 Å². The van der Waals surface area contributed by atoms with Gasteiger partial charge in [0, 0.05) is 0 Å². The average molecular weight is 416 g/mol. The van der Waals surface area contributed by atoms with Crippen LogP contribution in [0.1, 0.15) is 37.5 Å². The summed E-state index contributed by atoms with van der Waals surface area (Å²) in [6, 6.07) is 12.4. The number of hydrogen-bond acceptors (Lipinski definition) is 3. The molecule has 0 aliphatic rings. The van der Waals surface area contributed by atoms with E-state index in [4.69, 9.17) is 0 Å². The molecular weight excluding hydrogens is 394 g/mol. The van der Waals surface area contributed by atoms with Gasteiger partial charge < -0.3 is 10.4 Å². The van der Waals surface area contributed by atoms with Crippen molar-refractivity contribution in [3.05, 3.63) is 70.2 Å². The van der Waals surface area contributed by atoms with E-state index in [1.54, 1.807) is 18.2 Å². The summed E-state index contributed by atoms with van der Waals surface area (Å²) in [5, 5.41) is 16.3. The molecule has 2 amide bonds. The fourth-order valence-electron chi connectivity index (χ4n) is 2.33. The number of rotatable bonds is 5.